The zero-order valence-corrected chi connectivity index (χ0v) is 14.2. The van der Waals surface area contributed by atoms with Crippen LogP contribution in [0.25, 0.3) is 0 Å². The van der Waals surface area contributed by atoms with Gasteiger partial charge in [0.2, 0.25) is 0 Å². The highest BCUT2D eigenvalue weighted by atomic mass is 14.1. The lowest BCUT2D eigenvalue weighted by atomic mass is 9.93. The number of hydrogen-bond acceptors (Lipinski definition) is 0. The monoisotopic (exact) mass is 264 g/mol. The van der Waals surface area contributed by atoms with Crippen molar-refractivity contribution in [1.29, 1.82) is 0 Å². The molecule has 0 N–H and O–H groups in total. The number of rotatable bonds is 10. The van der Waals surface area contributed by atoms with Crippen LogP contribution in [0.4, 0.5) is 0 Å². The summed E-state index contributed by atoms with van der Waals surface area (Å²) in [5.41, 5.74) is 1.38. The summed E-state index contributed by atoms with van der Waals surface area (Å²) >= 11 is 0. The Bertz CT molecular complexity index is 253. The van der Waals surface area contributed by atoms with Gasteiger partial charge in [-0.15, -0.1) is 0 Å². The van der Waals surface area contributed by atoms with E-state index >= 15 is 0 Å². The molecule has 0 aliphatic carbocycles. The van der Waals surface area contributed by atoms with Crippen LogP contribution >= 0.6 is 0 Å². The van der Waals surface area contributed by atoms with E-state index in [9.17, 15) is 0 Å². The fraction of sp³-hybridized carbons (Fsp3) is 0.789. The zero-order chi connectivity index (χ0) is 14.7. The fourth-order valence-corrected chi connectivity index (χ4v) is 2.34. The van der Waals surface area contributed by atoms with E-state index < -0.39 is 0 Å². The second-order valence-corrected chi connectivity index (χ2v) is 6.97. The third-order valence-electron chi connectivity index (χ3n) is 3.70. The van der Waals surface area contributed by atoms with Gasteiger partial charge in [0.1, 0.15) is 0 Å². The van der Waals surface area contributed by atoms with Crippen molar-refractivity contribution in [3.05, 3.63) is 23.8 Å². The van der Waals surface area contributed by atoms with Crippen molar-refractivity contribution in [2.24, 2.45) is 17.8 Å². The molecule has 0 heterocycles. The topological polar surface area (TPSA) is 0 Å². The minimum Gasteiger partial charge on any atom is -0.0817 e. The summed E-state index contributed by atoms with van der Waals surface area (Å²) in [5, 5.41) is 0. The van der Waals surface area contributed by atoms with E-state index in [1.807, 2.05) is 0 Å². The van der Waals surface area contributed by atoms with E-state index in [1.54, 1.807) is 0 Å². The molecule has 0 aromatic heterocycles. The molecule has 0 aliphatic heterocycles. The summed E-state index contributed by atoms with van der Waals surface area (Å²) in [5.74, 6) is 2.50. The lowest BCUT2D eigenvalue weighted by Crippen LogP contribution is -1.98. The van der Waals surface area contributed by atoms with Crippen molar-refractivity contribution in [1.82, 2.24) is 0 Å². The van der Waals surface area contributed by atoms with Crippen LogP contribution in [0, 0.1) is 17.8 Å². The molecule has 0 aromatic carbocycles. The Labute approximate surface area is 122 Å². The molecule has 0 bridgehead atoms. The first-order chi connectivity index (χ1) is 8.91. The first kappa shape index (κ1) is 18.5. The van der Waals surface area contributed by atoms with E-state index in [4.69, 9.17) is 0 Å². The molecule has 0 nitrogen and oxygen atoms in total. The first-order valence-corrected chi connectivity index (χ1v) is 8.23. The van der Waals surface area contributed by atoms with Crippen LogP contribution in [0.1, 0.15) is 80.1 Å². The highest BCUT2D eigenvalue weighted by Gasteiger charge is 2.04. The van der Waals surface area contributed by atoms with Gasteiger partial charge in [-0.2, -0.15) is 0 Å². The second-order valence-electron chi connectivity index (χ2n) is 6.97. The minimum atomic E-state index is 0.721. The summed E-state index contributed by atoms with van der Waals surface area (Å²) in [4.78, 5) is 0. The largest absolute Gasteiger partial charge is 0.0817 e. The standard InChI is InChI=1S/C19H36/c1-16(2)10-7-12-18(5)14-9-15-19(6)13-8-11-17(3)4/h7,10,12,17-19H,8-9,11,13-15H2,1-6H3/b12-7+/t18-,19+/m0/s1. The van der Waals surface area contributed by atoms with Crippen LogP contribution in [-0.2, 0) is 0 Å². The molecule has 0 rings (SSSR count). The molecule has 2 atom stereocenters. The SMILES string of the molecule is CC(C)=C/C=C/[C@H](C)CCC[C@H](C)CCCC(C)C. The van der Waals surface area contributed by atoms with E-state index in [0.717, 1.165) is 17.8 Å². The van der Waals surface area contributed by atoms with Crippen LogP contribution < -0.4 is 0 Å². The van der Waals surface area contributed by atoms with Gasteiger partial charge in [-0.3, -0.25) is 0 Å². The third kappa shape index (κ3) is 13.7. The van der Waals surface area contributed by atoms with Gasteiger partial charge in [0, 0.05) is 0 Å². The zero-order valence-electron chi connectivity index (χ0n) is 14.2. The van der Waals surface area contributed by atoms with Crippen LogP contribution in [-0.4, -0.2) is 0 Å². The lowest BCUT2D eigenvalue weighted by Gasteiger charge is -2.13. The predicted molar refractivity (Wildman–Crippen MR) is 89.4 cm³/mol. The molecule has 0 radical (unpaired) electrons. The van der Waals surface area contributed by atoms with Gasteiger partial charge >= 0.3 is 0 Å². The molecule has 0 saturated heterocycles. The Morgan fingerprint density at radius 3 is 1.95 bits per heavy atom. The van der Waals surface area contributed by atoms with Crippen molar-refractivity contribution in [2.75, 3.05) is 0 Å². The second kappa shape index (κ2) is 11.3. The summed E-state index contributed by atoms with van der Waals surface area (Å²) in [6.07, 6.45) is 15.1. The van der Waals surface area contributed by atoms with Crippen molar-refractivity contribution < 1.29 is 0 Å². The molecule has 0 heteroatoms. The Morgan fingerprint density at radius 1 is 0.842 bits per heavy atom. The van der Waals surface area contributed by atoms with Gasteiger partial charge in [-0.05, 0) is 38.0 Å². The van der Waals surface area contributed by atoms with E-state index in [-0.39, 0.29) is 0 Å². The van der Waals surface area contributed by atoms with Crippen LogP contribution in [0.15, 0.2) is 23.8 Å². The van der Waals surface area contributed by atoms with E-state index in [0.29, 0.717) is 0 Å². The van der Waals surface area contributed by atoms with Crippen molar-refractivity contribution in [2.45, 2.75) is 80.1 Å². The number of hydrogen-bond donors (Lipinski definition) is 0. The Hall–Kier alpha value is -0.520. The van der Waals surface area contributed by atoms with Gasteiger partial charge in [-0.1, -0.05) is 83.6 Å². The molecule has 0 fully saturated rings. The summed E-state index contributed by atoms with van der Waals surface area (Å²) in [6, 6.07) is 0. The van der Waals surface area contributed by atoms with Gasteiger partial charge in [0.05, 0.1) is 0 Å². The molecule has 0 unspecified atom stereocenters. The fourth-order valence-electron chi connectivity index (χ4n) is 2.34. The van der Waals surface area contributed by atoms with Crippen molar-refractivity contribution in [3.63, 3.8) is 0 Å². The quantitative estimate of drug-likeness (QED) is 0.382. The van der Waals surface area contributed by atoms with Crippen molar-refractivity contribution >= 4 is 0 Å². The average Bonchev–Trinajstić information content (AvgIpc) is 2.27. The molecule has 112 valence electrons. The summed E-state index contributed by atoms with van der Waals surface area (Å²) in [7, 11) is 0. The first-order valence-electron chi connectivity index (χ1n) is 8.23. The normalized spacial score (nSPS) is 14.9. The van der Waals surface area contributed by atoms with Gasteiger partial charge in [-0.25, -0.2) is 0 Å². The molecule has 0 aromatic rings. The van der Waals surface area contributed by atoms with Crippen molar-refractivity contribution in [3.8, 4) is 0 Å². The lowest BCUT2D eigenvalue weighted by molar-refractivity contribution is 0.413. The molecule has 0 amide bonds. The van der Waals surface area contributed by atoms with E-state index in [1.165, 1.54) is 44.1 Å². The molecule has 0 aliphatic rings. The average molecular weight is 264 g/mol. The number of allylic oxidation sites excluding steroid dienone is 4. The van der Waals surface area contributed by atoms with E-state index in [2.05, 4.69) is 59.8 Å². The molecule has 0 spiro atoms. The van der Waals surface area contributed by atoms with Gasteiger partial charge < -0.3 is 0 Å². The van der Waals surface area contributed by atoms with Crippen LogP contribution in [0.5, 0.6) is 0 Å². The Kier molecular flexibility index (Phi) is 11.0. The summed E-state index contributed by atoms with van der Waals surface area (Å²) in [6.45, 7) is 13.7. The van der Waals surface area contributed by atoms with Gasteiger partial charge in [0.15, 0.2) is 0 Å². The minimum absolute atomic E-state index is 0.721. The Balaban J connectivity index is 3.61. The molecular weight excluding hydrogens is 228 g/mol. The van der Waals surface area contributed by atoms with Crippen LogP contribution in [0.2, 0.25) is 0 Å². The maximum absolute atomic E-state index is 2.42. The maximum atomic E-state index is 2.42. The third-order valence-corrected chi connectivity index (χ3v) is 3.70. The molecular formula is C19H36. The molecule has 0 saturated carbocycles. The predicted octanol–water partition coefficient (Wildman–Crippen LogP) is 6.78. The maximum Gasteiger partial charge on any atom is -0.0259 e. The summed E-state index contributed by atoms with van der Waals surface area (Å²) < 4.78 is 0. The van der Waals surface area contributed by atoms with Crippen LogP contribution in [0.3, 0.4) is 0 Å². The Morgan fingerprint density at radius 2 is 1.42 bits per heavy atom. The highest BCUT2D eigenvalue weighted by Crippen LogP contribution is 2.19. The molecule has 19 heavy (non-hydrogen) atoms. The highest BCUT2D eigenvalue weighted by molar-refractivity contribution is 5.08. The smallest absolute Gasteiger partial charge is 0.0259 e. The van der Waals surface area contributed by atoms with Gasteiger partial charge in [0.25, 0.3) is 0 Å².